The monoisotopic (exact) mass is 444 g/mol. The van der Waals surface area contributed by atoms with Crippen molar-refractivity contribution in [1.29, 1.82) is 0 Å². The first-order valence-corrected chi connectivity index (χ1v) is 9.86. The van der Waals surface area contributed by atoms with Gasteiger partial charge in [0.05, 0.1) is 5.56 Å². The molecule has 1 aromatic heterocycles. The highest BCUT2D eigenvalue weighted by Crippen LogP contribution is 2.31. The Kier molecular flexibility index (Phi) is 7.02. The summed E-state index contributed by atoms with van der Waals surface area (Å²) >= 11 is 0. The minimum atomic E-state index is -2.94. The summed E-state index contributed by atoms with van der Waals surface area (Å²) < 4.78 is 49.2. The second-order valence-electron chi connectivity index (χ2n) is 8.02. The molecular weight excluding hydrogens is 421 g/mol. The summed E-state index contributed by atoms with van der Waals surface area (Å²) in [5, 5.41) is 0. The van der Waals surface area contributed by atoms with Gasteiger partial charge in [0.1, 0.15) is 17.2 Å². The predicted octanol–water partition coefficient (Wildman–Crippen LogP) is 6.12. The molecule has 0 saturated heterocycles. The van der Waals surface area contributed by atoms with Gasteiger partial charge in [0.25, 0.3) is 0 Å². The molecule has 8 heteroatoms. The van der Waals surface area contributed by atoms with Crippen molar-refractivity contribution in [1.82, 2.24) is 4.98 Å². The quantitative estimate of drug-likeness (QED) is 0.411. The number of pyridine rings is 1. The Morgan fingerprint density at radius 1 is 1.06 bits per heavy atom. The van der Waals surface area contributed by atoms with Crippen LogP contribution in [0.5, 0.6) is 5.75 Å². The third-order valence-corrected chi connectivity index (χ3v) is 4.27. The highest BCUT2D eigenvalue weighted by Gasteiger charge is 2.21. The van der Waals surface area contributed by atoms with Crippen LogP contribution in [0, 0.1) is 5.82 Å². The molecule has 0 bridgehead atoms. The van der Waals surface area contributed by atoms with Crippen molar-refractivity contribution in [2.45, 2.75) is 39.5 Å². The zero-order valence-corrected chi connectivity index (χ0v) is 17.9. The molecule has 0 radical (unpaired) electrons. The van der Waals surface area contributed by atoms with Crippen molar-refractivity contribution in [3.63, 3.8) is 0 Å². The van der Waals surface area contributed by atoms with Gasteiger partial charge in [-0.2, -0.15) is 8.78 Å². The van der Waals surface area contributed by atoms with Crippen LogP contribution in [0.1, 0.15) is 36.7 Å². The van der Waals surface area contributed by atoms with E-state index in [1.54, 1.807) is 56.3 Å². The SMILES string of the molecule is CC(C)(C)OC(=O)c1cc(F)cc(N(Cc2cccnc2)c2ccc(OC(F)F)cc2)c1. The summed E-state index contributed by atoms with van der Waals surface area (Å²) in [6.07, 6.45) is 3.29. The maximum Gasteiger partial charge on any atom is 0.387 e. The largest absolute Gasteiger partial charge is 0.456 e. The van der Waals surface area contributed by atoms with Crippen molar-refractivity contribution < 1.29 is 27.4 Å². The maximum absolute atomic E-state index is 14.5. The van der Waals surface area contributed by atoms with E-state index in [-0.39, 0.29) is 11.3 Å². The van der Waals surface area contributed by atoms with E-state index in [0.29, 0.717) is 17.9 Å². The first-order valence-electron chi connectivity index (χ1n) is 9.86. The second kappa shape index (κ2) is 9.72. The van der Waals surface area contributed by atoms with Gasteiger partial charge in [-0.25, -0.2) is 9.18 Å². The molecule has 0 aliphatic heterocycles. The number of hydrogen-bond donors (Lipinski definition) is 0. The Morgan fingerprint density at radius 2 is 1.78 bits per heavy atom. The third kappa shape index (κ3) is 6.47. The number of nitrogens with zero attached hydrogens (tertiary/aromatic N) is 2. The normalized spacial score (nSPS) is 11.3. The standard InChI is InChI=1S/C24H23F3N2O3/c1-24(2,3)32-22(30)17-11-18(25)13-20(12-17)29(15-16-5-4-10-28-14-16)19-6-8-21(9-7-19)31-23(26)27/h4-14,23H,15H2,1-3H3. The smallest absolute Gasteiger partial charge is 0.387 e. The Morgan fingerprint density at radius 3 is 2.38 bits per heavy atom. The first kappa shape index (κ1) is 23.1. The Bertz CT molecular complexity index is 1050. The molecule has 32 heavy (non-hydrogen) atoms. The number of rotatable bonds is 7. The minimum Gasteiger partial charge on any atom is -0.456 e. The zero-order valence-electron chi connectivity index (χ0n) is 17.9. The Balaban J connectivity index is 2.00. The van der Waals surface area contributed by atoms with E-state index < -0.39 is 24.0 Å². The number of halogens is 3. The summed E-state index contributed by atoms with van der Waals surface area (Å²) in [6, 6.07) is 13.5. The molecule has 0 aliphatic carbocycles. The highest BCUT2D eigenvalue weighted by atomic mass is 19.3. The molecular formula is C24H23F3N2O3. The van der Waals surface area contributed by atoms with Gasteiger partial charge in [-0.1, -0.05) is 6.07 Å². The molecule has 0 aliphatic rings. The molecule has 0 amide bonds. The second-order valence-corrected chi connectivity index (χ2v) is 8.02. The number of alkyl halides is 2. The van der Waals surface area contributed by atoms with E-state index in [2.05, 4.69) is 9.72 Å². The summed E-state index contributed by atoms with van der Waals surface area (Å²) in [4.78, 5) is 18.4. The summed E-state index contributed by atoms with van der Waals surface area (Å²) in [7, 11) is 0. The van der Waals surface area contributed by atoms with Crippen LogP contribution in [0.3, 0.4) is 0 Å². The number of ether oxygens (including phenoxy) is 2. The molecule has 1 heterocycles. The molecule has 0 saturated carbocycles. The summed E-state index contributed by atoms with van der Waals surface area (Å²) in [5.74, 6) is -1.27. The fourth-order valence-electron chi connectivity index (χ4n) is 3.00. The number of carbonyl (C=O) groups excluding carboxylic acids is 1. The van der Waals surface area contributed by atoms with Crippen LogP contribution in [0.25, 0.3) is 0 Å². The van der Waals surface area contributed by atoms with Gasteiger partial charge in [-0.15, -0.1) is 0 Å². The number of esters is 1. The lowest BCUT2D eigenvalue weighted by Crippen LogP contribution is -2.24. The van der Waals surface area contributed by atoms with Gasteiger partial charge in [0, 0.05) is 30.3 Å². The summed E-state index contributed by atoms with van der Waals surface area (Å²) in [5.41, 5.74) is 1.11. The Hall–Kier alpha value is -3.55. The number of anilines is 2. The third-order valence-electron chi connectivity index (χ3n) is 4.27. The molecule has 0 spiro atoms. The number of hydrogen-bond acceptors (Lipinski definition) is 5. The van der Waals surface area contributed by atoms with Crippen molar-refractivity contribution in [3.05, 3.63) is 83.9 Å². The molecule has 3 rings (SSSR count). The number of aromatic nitrogens is 1. The van der Waals surface area contributed by atoms with Gasteiger partial charge in [-0.3, -0.25) is 4.98 Å². The minimum absolute atomic E-state index is 0.00114. The lowest BCUT2D eigenvalue weighted by atomic mass is 10.1. The van der Waals surface area contributed by atoms with Crippen molar-refractivity contribution in [2.75, 3.05) is 4.90 Å². The van der Waals surface area contributed by atoms with Gasteiger partial charge in [0.15, 0.2) is 0 Å². The van der Waals surface area contributed by atoms with Crippen LogP contribution < -0.4 is 9.64 Å². The fraction of sp³-hybridized carbons (Fsp3) is 0.250. The molecule has 168 valence electrons. The van der Waals surface area contributed by atoms with Crippen molar-refractivity contribution >= 4 is 17.3 Å². The number of benzene rings is 2. The highest BCUT2D eigenvalue weighted by molar-refractivity contribution is 5.91. The van der Waals surface area contributed by atoms with E-state index in [0.717, 1.165) is 11.6 Å². The molecule has 3 aromatic rings. The van der Waals surface area contributed by atoms with E-state index in [9.17, 15) is 18.0 Å². The van der Waals surface area contributed by atoms with E-state index in [1.165, 1.54) is 24.3 Å². The predicted molar refractivity (Wildman–Crippen MR) is 115 cm³/mol. The molecule has 0 atom stereocenters. The van der Waals surface area contributed by atoms with E-state index in [1.807, 2.05) is 6.07 Å². The lowest BCUT2D eigenvalue weighted by Gasteiger charge is -2.26. The van der Waals surface area contributed by atoms with Crippen LogP contribution in [-0.2, 0) is 11.3 Å². The molecule has 0 N–H and O–H groups in total. The molecule has 5 nitrogen and oxygen atoms in total. The van der Waals surface area contributed by atoms with Crippen LogP contribution in [0.4, 0.5) is 24.5 Å². The molecule has 0 unspecified atom stereocenters. The Labute approximate surface area is 184 Å². The zero-order chi connectivity index (χ0) is 23.3. The maximum atomic E-state index is 14.5. The average Bonchev–Trinajstić information content (AvgIpc) is 2.71. The molecule has 2 aromatic carbocycles. The van der Waals surface area contributed by atoms with Gasteiger partial charge >= 0.3 is 12.6 Å². The fourth-order valence-corrected chi connectivity index (χ4v) is 3.00. The topological polar surface area (TPSA) is 51.7 Å². The van der Waals surface area contributed by atoms with E-state index in [4.69, 9.17) is 4.74 Å². The summed E-state index contributed by atoms with van der Waals surface area (Å²) in [6.45, 7) is 2.53. The van der Waals surface area contributed by atoms with Gasteiger partial charge < -0.3 is 14.4 Å². The van der Waals surface area contributed by atoms with Gasteiger partial charge in [0.2, 0.25) is 0 Å². The van der Waals surface area contributed by atoms with Gasteiger partial charge in [-0.05, 0) is 74.9 Å². The lowest BCUT2D eigenvalue weighted by molar-refractivity contribution is -0.0498. The van der Waals surface area contributed by atoms with Crippen LogP contribution >= 0.6 is 0 Å². The van der Waals surface area contributed by atoms with Crippen LogP contribution in [-0.4, -0.2) is 23.2 Å². The average molecular weight is 444 g/mol. The van der Waals surface area contributed by atoms with Crippen LogP contribution in [0.2, 0.25) is 0 Å². The first-order chi connectivity index (χ1) is 15.1. The molecule has 0 fully saturated rings. The van der Waals surface area contributed by atoms with Crippen molar-refractivity contribution in [2.24, 2.45) is 0 Å². The number of carbonyl (C=O) groups is 1. The van der Waals surface area contributed by atoms with Crippen LogP contribution in [0.15, 0.2) is 67.0 Å². The van der Waals surface area contributed by atoms with Crippen molar-refractivity contribution in [3.8, 4) is 5.75 Å². The van der Waals surface area contributed by atoms with E-state index >= 15 is 0 Å².